The Morgan fingerprint density at radius 3 is 3.38 bits per heavy atom. The highest BCUT2D eigenvalue weighted by atomic mass is 16.5. The van der Waals surface area contributed by atoms with Gasteiger partial charge in [0.15, 0.2) is 0 Å². The molecule has 3 heterocycles. The lowest BCUT2D eigenvalue weighted by Gasteiger charge is -2.25. The van der Waals surface area contributed by atoms with Gasteiger partial charge in [0.2, 0.25) is 0 Å². The van der Waals surface area contributed by atoms with Crippen LogP contribution in [-0.2, 0) is 0 Å². The Hall–Kier alpha value is -1.62. The van der Waals surface area contributed by atoms with Crippen LogP contribution in [0.5, 0.6) is 0 Å². The molecule has 1 saturated heterocycles. The van der Waals surface area contributed by atoms with Gasteiger partial charge in [-0.15, -0.1) is 0 Å². The molecule has 0 radical (unpaired) electrons. The fourth-order valence-corrected chi connectivity index (χ4v) is 2.42. The number of nitrogens with zero attached hydrogens (tertiary/aromatic N) is 3. The largest absolute Gasteiger partial charge is 0.367 e. The highest BCUT2D eigenvalue weighted by Gasteiger charge is 2.25. The molecule has 0 bridgehead atoms. The third-order valence-corrected chi connectivity index (χ3v) is 3.21. The van der Waals surface area contributed by atoms with Crippen LogP contribution in [0.25, 0.3) is 11.1 Å². The van der Waals surface area contributed by atoms with Gasteiger partial charge in [0, 0.05) is 25.3 Å². The number of hydrogen-bond acceptors (Lipinski definition) is 5. The third kappa shape index (κ3) is 1.36. The topological polar surface area (TPSA) is 68.2 Å². The van der Waals surface area contributed by atoms with E-state index in [1.165, 1.54) is 6.42 Å². The number of hydrogen-bond donors (Lipinski definition) is 1. The normalized spacial score (nSPS) is 20.8. The van der Waals surface area contributed by atoms with Crippen molar-refractivity contribution in [3.63, 3.8) is 0 Å². The molecule has 1 atom stereocenters. The van der Waals surface area contributed by atoms with Crippen LogP contribution >= 0.6 is 0 Å². The maximum atomic E-state index is 5.78. The van der Waals surface area contributed by atoms with Gasteiger partial charge < -0.3 is 15.2 Å². The van der Waals surface area contributed by atoms with Crippen LogP contribution < -0.4 is 10.6 Å². The number of rotatable bonds is 2. The van der Waals surface area contributed by atoms with Gasteiger partial charge in [-0.3, -0.25) is 0 Å². The van der Waals surface area contributed by atoms with Crippen molar-refractivity contribution >= 4 is 16.8 Å². The molecule has 0 amide bonds. The lowest BCUT2D eigenvalue weighted by atomic mass is 10.2. The van der Waals surface area contributed by atoms with E-state index >= 15 is 0 Å². The summed E-state index contributed by atoms with van der Waals surface area (Å²) in [6.07, 6.45) is 5.83. The van der Waals surface area contributed by atoms with E-state index in [0.717, 1.165) is 24.0 Å². The fraction of sp³-hybridized carbons (Fsp3) is 0.455. The first-order valence-electron chi connectivity index (χ1n) is 5.56. The van der Waals surface area contributed by atoms with Gasteiger partial charge in [-0.25, -0.2) is 4.98 Å². The van der Waals surface area contributed by atoms with Crippen LogP contribution in [0.3, 0.4) is 0 Å². The minimum atomic E-state index is 0.431. The molecule has 1 aliphatic rings. The minimum Gasteiger partial charge on any atom is -0.367 e. The number of nitrogens with two attached hydrogens (primary N) is 1. The second-order valence-corrected chi connectivity index (χ2v) is 4.10. The maximum absolute atomic E-state index is 5.78. The Balaban J connectivity index is 2.07. The molecule has 1 fully saturated rings. The molecule has 2 aromatic heterocycles. The van der Waals surface area contributed by atoms with Crippen LogP contribution in [0.2, 0.25) is 0 Å². The SMILES string of the molecule is NCC1CCCN1c1ccnc2oncc12. The summed E-state index contributed by atoms with van der Waals surface area (Å²) in [5.41, 5.74) is 7.52. The Labute approximate surface area is 93.2 Å². The smallest absolute Gasteiger partial charge is 0.259 e. The molecule has 0 saturated carbocycles. The molecule has 0 aliphatic carbocycles. The van der Waals surface area contributed by atoms with Crippen molar-refractivity contribution in [1.29, 1.82) is 0 Å². The zero-order valence-corrected chi connectivity index (χ0v) is 8.97. The second kappa shape index (κ2) is 3.75. The van der Waals surface area contributed by atoms with E-state index in [9.17, 15) is 0 Å². The predicted octanol–water partition coefficient (Wildman–Crippen LogP) is 1.15. The second-order valence-electron chi connectivity index (χ2n) is 4.10. The van der Waals surface area contributed by atoms with Gasteiger partial charge in [-0.2, -0.15) is 0 Å². The van der Waals surface area contributed by atoms with Crippen LogP contribution in [0, 0.1) is 0 Å². The van der Waals surface area contributed by atoms with Gasteiger partial charge in [-0.1, -0.05) is 5.16 Å². The first-order valence-corrected chi connectivity index (χ1v) is 5.56. The summed E-state index contributed by atoms with van der Waals surface area (Å²) >= 11 is 0. The van der Waals surface area contributed by atoms with E-state index in [-0.39, 0.29) is 0 Å². The molecule has 3 rings (SSSR count). The van der Waals surface area contributed by atoms with Crippen molar-refractivity contribution in [1.82, 2.24) is 10.1 Å². The Morgan fingerprint density at radius 1 is 1.56 bits per heavy atom. The molecule has 1 aliphatic heterocycles. The number of anilines is 1. The summed E-state index contributed by atoms with van der Waals surface area (Å²) in [5.74, 6) is 0. The molecule has 84 valence electrons. The highest BCUT2D eigenvalue weighted by Crippen LogP contribution is 2.30. The van der Waals surface area contributed by atoms with Crippen LogP contribution in [0.4, 0.5) is 5.69 Å². The molecule has 2 N–H and O–H groups in total. The van der Waals surface area contributed by atoms with Gasteiger partial charge in [0.05, 0.1) is 17.3 Å². The van der Waals surface area contributed by atoms with Gasteiger partial charge in [-0.05, 0) is 18.9 Å². The van der Waals surface area contributed by atoms with Gasteiger partial charge >= 0.3 is 0 Å². The number of aromatic nitrogens is 2. The molecular formula is C11H14N4O. The van der Waals surface area contributed by atoms with Crippen LogP contribution in [0.15, 0.2) is 23.0 Å². The highest BCUT2D eigenvalue weighted by molar-refractivity contribution is 5.87. The van der Waals surface area contributed by atoms with Crippen molar-refractivity contribution in [3.05, 3.63) is 18.5 Å². The molecule has 0 aromatic carbocycles. The first-order chi connectivity index (χ1) is 7.90. The molecule has 2 aromatic rings. The van der Waals surface area contributed by atoms with E-state index < -0.39 is 0 Å². The van der Waals surface area contributed by atoms with Crippen molar-refractivity contribution in [2.45, 2.75) is 18.9 Å². The monoisotopic (exact) mass is 218 g/mol. The van der Waals surface area contributed by atoms with Crippen molar-refractivity contribution in [2.75, 3.05) is 18.0 Å². The first kappa shape index (κ1) is 9.59. The molecular weight excluding hydrogens is 204 g/mol. The van der Waals surface area contributed by atoms with Crippen molar-refractivity contribution < 1.29 is 4.52 Å². The number of fused-ring (bicyclic) bond motifs is 1. The Morgan fingerprint density at radius 2 is 2.50 bits per heavy atom. The standard InChI is InChI=1S/C11H14N4O/c12-6-8-2-1-5-15(8)10-3-4-13-11-9(10)7-14-16-11/h3-4,7-8H,1-2,5-6,12H2. The zero-order chi connectivity index (χ0) is 11.0. The Kier molecular flexibility index (Phi) is 2.25. The average Bonchev–Trinajstić information content (AvgIpc) is 2.96. The lowest BCUT2D eigenvalue weighted by molar-refractivity contribution is 0.448. The summed E-state index contributed by atoms with van der Waals surface area (Å²) in [5, 5.41) is 4.76. The van der Waals surface area contributed by atoms with E-state index in [0.29, 0.717) is 18.3 Å². The summed E-state index contributed by atoms with van der Waals surface area (Å²) < 4.78 is 5.07. The fourth-order valence-electron chi connectivity index (χ4n) is 2.42. The van der Waals surface area contributed by atoms with E-state index in [1.807, 2.05) is 6.07 Å². The minimum absolute atomic E-state index is 0.431. The van der Waals surface area contributed by atoms with E-state index in [1.54, 1.807) is 12.4 Å². The third-order valence-electron chi connectivity index (χ3n) is 3.21. The predicted molar refractivity (Wildman–Crippen MR) is 61.2 cm³/mol. The molecule has 5 heteroatoms. The van der Waals surface area contributed by atoms with Gasteiger partial charge in [0.25, 0.3) is 5.71 Å². The summed E-state index contributed by atoms with van der Waals surface area (Å²) in [7, 11) is 0. The van der Waals surface area contributed by atoms with Gasteiger partial charge in [0.1, 0.15) is 0 Å². The quantitative estimate of drug-likeness (QED) is 0.819. The summed E-state index contributed by atoms with van der Waals surface area (Å²) in [6, 6.07) is 2.44. The molecule has 16 heavy (non-hydrogen) atoms. The van der Waals surface area contributed by atoms with Crippen molar-refractivity contribution in [3.8, 4) is 0 Å². The molecule has 0 spiro atoms. The maximum Gasteiger partial charge on any atom is 0.259 e. The number of pyridine rings is 1. The molecule has 5 nitrogen and oxygen atoms in total. The summed E-state index contributed by atoms with van der Waals surface area (Å²) in [4.78, 5) is 6.47. The average molecular weight is 218 g/mol. The van der Waals surface area contributed by atoms with Crippen LogP contribution in [0.1, 0.15) is 12.8 Å². The van der Waals surface area contributed by atoms with E-state index in [2.05, 4.69) is 15.0 Å². The zero-order valence-electron chi connectivity index (χ0n) is 8.97. The van der Waals surface area contributed by atoms with E-state index in [4.69, 9.17) is 10.3 Å². The van der Waals surface area contributed by atoms with Crippen LogP contribution in [-0.4, -0.2) is 29.3 Å². The molecule has 1 unspecified atom stereocenters. The summed E-state index contributed by atoms with van der Waals surface area (Å²) in [6.45, 7) is 1.74. The lowest BCUT2D eigenvalue weighted by Crippen LogP contribution is -2.35. The van der Waals surface area contributed by atoms with Crippen molar-refractivity contribution in [2.24, 2.45) is 5.73 Å². The Bertz CT molecular complexity index is 495.